The highest BCUT2D eigenvalue weighted by atomic mass is 35.5. The van der Waals surface area contributed by atoms with E-state index in [9.17, 15) is 4.79 Å². The third kappa shape index (κ3) is 2.04. The molecule has 0 saturated carbocycles. The van der Waals surface area contributed by atoms with Gasteiger partial charge in [-0.1, -0.05) is 0 Å². The van der Waals surface area contributed by atoms with Gasteiger partial charge in [0.05, 0.1) is 12.3 Å². The summed E-state index contributed by atoms with van der Waals surface area (Å²) in [5, 5.41) is 3.16. The molecule has 1 aliphatic carbocycles. The van der Waals surface area contributed by atoms with E-state index in [1.807, 2.05) is 6.07 Å². The standard InChI is InChI=1S/C13H12ClNO3/c14-12-5-4-11(18-12)13(16)15-9-2-1-3-10-8(9)6-7-17-10/h4-7,9H,1-3H2,(H,15,16). The zero-order valence-electron chi connectivity index (χ0n) is 9.61. The van der Waals surface area contributed by atoms with Crippen LogP contribution in [0.25, 0.3) is 0 Å². The zero-order chi connectivity index (χ0) is 12.5. The SMILES string of the molecule is O=C(NC1CCCc2occc21)c1ccc(Cl)o1. The molecule has 18 heavy (non-hydrogen) atoms. The fourth-order valence-electron chi connectivity index (χ4n) is 2.30. The van der Waals surface area contributed by atoms with Crippen molar-refractivity contribution in [1.82, 2.24) is 5.32 Å². The van der Waals surface area contributed by atoms with Gasteiger partial charge < -0.3 is 14.2 Å². The van der Waals surface area contributed by atoms with E-state index in [0.717, 1.165) is 30.6 Å². The Hall–Kier alpha value is -1.68. The van der Waals surface area contributed by atoms with Crippen LogP contribution in [0.1, 0.15) is 40.8 Å². The van der Waals surface area contributed by atoms with Crippen molar-refractivity contribution in [3.05, 3.63) is 46.8 Å². The summed E-state index contributed by atoms with van der Waals surface area (Å²) in [4.78, 5) is 12.0. The van der Waals surface area contributed by atoms with Crippen LogP contribution >= 0.6 is 11.6 Å². The minimum Gasteiger partial charge on any atom is -0.469 e. The molecule has 94 valence electrons. The van der Waals surface area contributed by atoms with Crippen LogP contribution in [-0.4, -0.2) is 5.91 Å². The predicted molar refractivity (Wildman–Crippen MR) is 65.6 cm³/mol. The molecule has 2 aromatic heterocycles. The Bertz CT molecular complexity index is 572. The zero-order valence-corrected chi connectivity index (χ0v) is 10.4. The van der Waals surface area contributed by atoms with E-state index in [0.29, 0.717) is 0 Å². The molecule has 2 aromatic rings. The van der Waals surface area contributed by atoms with Crippen molar-refractivity contribution in [2.24, 2.45) is 0 Å². The number of fused-ring (bicyclic) bond motifs is 1. The van der Waals surface area contributed by atoms with E-state index >= 15 is 0 Å². The number of hydrogen-bond acceptors (Lipinski definition) is 3. The maximum atomic E-state index is 12.0. The topological polar surface area (TPSA) is 55.4 Å². The van der Waals surface area contributed by atoms with Crippen molar-refractivity contribution in [3.8, 4) is 0 Å². The lowest BCUT2D eigenvalue weighted by Gasteiger charge is -2.22. The van der Waals surface area contributed by atoms with E-state index in [2.05, 4.69) is 5.32 Å². The first-order valence-corrected chi connectivity index (χ1v) is 6.24. The average Bonchev–Trinajstić information content (AvgIpc) is 2.97. The van der Waals surface area contributed by atoms with Gasteiger partial charge in [0.1, 0.15) is 5.76 Å². The molecule has 1 amide bonds. The van der Waals surface area contributed by atoms with Crippen molar-refractivity contribution >= 4 is 17.5 Å². The van der Waals surface area contributed by atoms with Crippen LogP contribution in [0.2, 0.25) is 5.22 Å². The quantitative estimate of drug-likeness (QED) is 0.906. The summed E-state index contributed by atoms with van der Waals surface area (Å²) in [5.74, 6) is 0.945. The summed E-state index contributed by atoms with van der Waals surface area (Å²) in [6.45, 7) is 0. The first-order valence-electron chi connectivity index (χ1n) is 5.86. The molecule has 5 heteroatoms. The van der Waals surface area contributed by atoms with E-state index in [-0.39, 0.29) is 22.9 Å². The number of rotatable bonds is 2. The fraction of sp³-hybridized carbons (Fsp3) is 0.308. The van der Waals surface area contributed by atoms with E-state index in [1.54, 1.807) is 18.4 Å². The van der Waals surface area contributed by atoms with Crippen molar-refractivity contribution in [3.63, 3.8) is 0 Å². The normalized spacial score (nSPS) is 18.4. The summed E-state index contributed by atoms with van der Waals surface area (Å²) in [5.41, 5.74) is 1.06. The second-order valence-electron chi connectivity index (χ2n) is 4.32. The van der Waals surface area contributed by atoms with Gasteiger partial charge in [-0.2, -0.15) is 0 Å². The van der Waals surface area contributed by atoms with E-state index in [4.69, 9.17) is 20.4 Å². The molecule has 0 fully saturated rings. The predicted octanol–water partition coefficient (Wildman–Crippen LogP) is 3.33. The molecule has 1 unspecified atom stereocenters. The van der Waals surface area contributed by atoms with Crippen molar-refractivity contribution in [2.45, 2.75) is 25.3 Å². The highest BCUT2D eigenvalue weighted by Crippen LogP contribution is 2.30. The molecule has 0 spiro atoms. The Morgan fingerprint density at radius 1 is 1.39 bits per heavy atom. The number of halogens is 1. The number of carbonyl (C=O) groups excluding carboxylic acids is 1. The summed E-state index contributed by atoms with van der Waals surface area (Å²) in [6.07, 6.45) is 4.51. The van der Waals surface area contributed by atoms with Crippen LogP contribution in [0.5, 0.6) is 0 Å². The van der Waals surface area contributed by atoms with Gasteiger partial charge in [0, 0.05) is 12.0 Å². The van der Waals surface area contributed by atoms with Gasteiger partial charge in [-0.25, -0.2) is 0 Å². The Morgan fingerprint density at radius 3 is 3.06 bits per heavy atom. The smallest absolute Gasteiger partial charge is 0.287 e. The Morgan fingerprint density at radius 2 is 2.28 bits per heavy atom. The minimum atomic E-state index is -0.249. The molecule has 0 radical (unpaired) electrons. The Kier molecular flexibility index (Phi) is 2.88. The lowest BCUT2D eigenvalue weighted by Crippen LogP contribution is -2.30. The molecule has 0 aromatic carbocycles. The highest BCUT2D eigenvalue weighted by Gasteiger charge is 2.25. The number of nitrogens with one attached hydrogen (secondary N) is 1. The summed E-state index contributed by atoms with van der Waals surface area (Å²) in [7, 11) is 0. The van der Waals surface area contributed by atoms with Crippen LogP contribution < -0.4 is 5.32 Å². The second-order valence-corrected chi connectivity index (χ2v) is 4.69. The van der Waals surface area contributed by atoms with Gasteiger partial charge in [-0.3, -0.25) is 4.79 Å². The number of hydrogen-bond donors (Lipinski definition) is 1. The molecule has 0 bridgehead atoms. The van der Waals surface area contributed by atoms with Crippen LogP contribution in [0.3, 0.4) is 0 Å². The lowest BCUT2D eigenvalue weighted by molar-refractivity contribution is 0.0904. The van der Waals surface area contributed by atoms with E-state index < -0.39 is 0 Å². The van der Waals surface area contributed by atoms with Crippen LogP contribution in [0, 0.1) is 0 Å². The lowest BCUT2D eigenvalue weighted by atomic mass is 9.93. The first-order chi connectivity index (χ1) is 8.74. The Balaban J connectivity index is 1.77. The third-order valence-electron chi connectivity index (χ3n) is 3.15. The molecule has 4 nitrogen and oxygen atoms in total. The van der Waals surface area contributed by atoms with Crippen LogP contribution in [-0.2, 0) is 6.42 Å². The number of carbonyl (C=O) groups is 1. The molecule has 0 aliphatic heterocycles. The number of furan rings is 2. The second kappa shape index (κ2) is 4.53. The maximum Gasteiger partial charge on any atom is 0.287 e. The Labute approximate surface area is 109 Å². The van der Waals surface area contributed by atoms with Crippen LogP contribution in [0.15, 0.2) is 33.3 Å². The van der Waals surface area contributed by atoms with Crippen molar-refractivity contribution in [1.29, 1.82) is 0 Å². The van der Waals surface area contributed by atoms with Gasteiger partial charge >= 0.3 is 0 Å². The van der Waals surface area contributed by atoms with Gasteiger partial charge in [-0.05, 0) is 42.6 Å². The van der Waals surface area contributed by atoms with Crippen molar-refractivity contribution < 1.29 is 13.6 Å². The molecule has 3 rings (SSSR count). The average molecular weight is 266 g/mol. The fourth-order valence-corrected chi connectivity index (χ4v) is 2.45. The minimum absolute atomic E-state index is 0.0103. The third-order valence-corrected chi connectivity index (χ3v) is 3.36. The molecule has 0 saturated heterocycles. The maximum absolute atomic E-state index is 12.0. The molecule has 1 aliphatic rings. The highest BCUT2D eigenvalue weighted by molar-refractivity contribution is 6.29. The number of amides is 1. The van der Waals surface area contributed by atoms with Crippen LogP contribution in [0.4, 0.5) is 0 Å². The van der Waals surface area contributed by atoms with E-state index in [1.165, 1.54) is 0 Å². The van der Waals surface area contributed by atoms with Gasteiger partial charge in [-0.15, -0.1) is 0 Å². The summed E-state index contributed by atoms with van der Waals surface area (Å²) < 4.78 is 10.5. The monoisotopic (exact) mass is 265 g/mol. The first kappa shape index (κ1) is 11.4. The van der Waals surface area contributed by atoms with Gasteiger partial charge in [0.2, 0.25) is 0 Å². The molecule has 1 N–H and O–H groups in total. The largest absolute Gasteiger partial charge is 0.469 e. The molecule has 2 heterocycles. The van der Waals surface area contributed by atoms with Crippen molar-refractivity contribution in [2.75, 3.05) is 0 Å². The van der Waals surface area contributed by atoms with Gasteiger partial charge in [0.25, 0.3) is 5.91 Å². The molecular formula is C13H12ClNO3. The number of aryl methyl sites for hydroxylation is 1. The summed E-state index contributed by atoms with van der Waals surface area (Å²) >= 11 is 5.65. The molecule has 1 atom stereocenters. The molecular weight excluding hydrogens is 254 g/mol. The summed E-state index contributed by atoms with van der Waals surface area (Å²) in [6, 6.07) is 5.02. The van der Waals surface area contributed by atoms with Gasteiger partial charge in [0.15, 0.2) is 11.0 Å².